The summed E-state index contributed by atoms with van der Waals surface area (Å²) in [7, 11) is -3.51. The molecule has 0 fully saturated rings. The van der Waals surface area contributed by atoms with Crippen LogP contribution in [0, 0.1) is 0 Å². The van der Waals surface area contributed by atoms with Gasteiger partial charge in [0.05, 0.1) is 6.61 Å². The maximum Gasteiger partial charge on any atom is 0.250 e. The van der Waals surface area contributed by atoms with Crippen LogP contribution in [0.25, 0.3) is 0 Å². The van der Waals surface area contributed by atoms with Gasteiger partial charge < -0.3 is 5.11 Å². The quantitative estimate of drug-likeness (QED) is 0.906. The van der Waals surface area contributed by atoms with Crippen molar-refractivity contribution in [2.75, 3.05) is 0 Å². The van der Waals surface area contributed by atoms with Gasteiger partial charge >= 0.3 is 0 Å². The summed E-state index contributed by atoms with van der Waals surface area (Å²) in [6.07, 6.45) is 2.88. The van der Waals surface area contributed by atoms with Gasteiger partial charge in [-0.2, -0.15) is 0 Å². The molecule has 3 rings (SSSR count). The molecule has 0 aliphatic heterocycles. The number of aryl methyl sites for hydroxylation is 1. The summed E-state index contributed by atoms with van der Waals surface area (Å²) >= 11 is 2.84. The lowest BCUT2D eigenvalue weighted by Crippen LogP contribution is -2.30. The highest BCUT2D eigenvalue weighted by Gasteiger charge is 2.27. The normalized spacial score (nSPS) is 18.9. The summed E-state index contributed by atoms with van der Waals surface area (Å²) in [5, 5.41) is 12.7. The zero-order valence-electron chi connectivity index (χ0n) is 10.7. The van der Waals surface area contributed by atoms with Gasteiger partial charge in [-0.3, -0.25) is 0 Å². The number of aliphatic hydroxyl groups is 1. The van der Waals surface area contributed by atoms with E-state index in [1.165, 1.54) is 10.9 Å². The van der Waals surface area contributed by atoms with Crippen LogP contribution in [0.15, 0.2) is 27.1 Å². The monoisotopic (exact) mass is 329 g/mol. The molecule has 1 unspecified atom stereocenters. The van der Waals surface area contributed by atoms with E-state index in [0.29, 0.717) is 5.56 Å². The second-order valence-corrected chi connectivity index (χ2v) is 8.65. The largest absolute Gasteiger partial charge is 0.392 e. The predicted molar refractivity (Wildman–Crippen MR) is 80.6 cm³/mol. The number of sulfonamides is 1. The number of hydrogen-bond acceptors (Lipinski definition) is 5. The Labute approximate surface area is 126 Å². The minimum absolute atomic E-state index is 0.130. The van der Waals surface area contributed by atoms with Gasteiger partial charge in [-0.25, -0.2) is 13.1 Å². The van der Waals surface area contributed by atoms with Crippen LogP contribution in [-0.2, 0) is 23.1 Å². The number of nitrogens with one attached hydrogen (secondary N) is 1. The minimum atomic E-state index is -3.51. The highest BCUT2D eigenvalue weighted by atomic mass is 32.2. The first-order valence-electron chi connectivity index (χ1n) is 6.37. The van der Waals surface area contributed by atoms with E-state index in [1.54, 1.807) is 16.7 Å². The number of rotatable bonds is 4. The second-order valence-electron chi connectivity index (χ2n) is 4.80. The summed E-state index contributed by atoms with van der Waals surface area (Å²) in [5.74, 6) is 0. The van der Waals surface area contributed by atoms with Crippen molar-refractivity contribution >= 4 is 32.7 Å². The highest BCUT2D eigenvalue weighted by Crippen LogP contribution is 2.34. The Morgan fingerprint density at radius 1 is 1.40 bits per heavy atom. The molecule has 0 saturated carbocycles. The molecular formula is C13H15NO3S3. The van der Waals surface area contributed by atoms with Crippen LogP contribution in [0.3, 0.4) is 0 Å². The Bertz CT molecular complexity index is 702. The molecule has 2 heterocycles. The molecule has 2 aromatic rings. The fourth-order valence-electron chi connectivity index (χ4n) is 2.43. The van der Waals surface area contributed by atoms with Gasteiger partial charge in [-0.15, -0.1) is 22.7 Å². The maximum atomic E-state index is 12.4. The first kappa shape index (κ1) is 14.2. The molecule has 7 heteroatoms. The molecule has 0 spiro atoms. The average Bonchev–Trinajstić information content (AvgIpc) is 3.08. The molecule has 0 radical (unpaired) electrons. The van der Waals surface area contributed by atoms with E-state index in [2.05, 4.69) is 4.72 Å². The van der Waals surface area contributed by atoms with E-state index in [-0.39, 0.29) is 16.9 Å². The summed E-state index contributed by atoms with van der Waals surface area (Å²) in [4.78, 5) is 1.28. The topological polar surface area (TPSA) is 66.4 Å². The van der Waals surface area contributed by atoms with Gasteiger partial charge in [0, 0.05) is 10.9 Å². The van der Waals surface area contributed by atoms with E-state index in [0.717, 1.165) is 36.2 Å². The number of fused-ring (bicyclic) bond motifs is 1. The lowest BCUT2D eigenvalue weighted by atomic mass is 9.95. The van der Waals surface area contributed by atoms with Gasteiger partial charge in [0.1, 0.15) is 4.21 Å². The fraction of sp³-hybridized carbons (Fsp3) is 0.385. The molecule has 1 atom stereocenters. The second kappa shape index (κ2) is 5.57. The van der Waals surface area contributed by atoms with Gasteiger partial charge in [-0.05, 0) is 53.3 Å². The molecular weight excluding hydrogens is 314 g/mol. The molecule has 0 amide bonds. The zero-order valence-corrected chi connectivity index (χ0v) is 13.2. The van der Waals surface area contributed by atoms with Crippen LogP contribution in [0.4, 0.5) is 0 Å². The van der Waals surface area contributed by atoms with Crippen molar-refractivity contribution in [2.45, 2.75) is 36.1 Å². The van der Waals surface area contributed by atoms with Crippen LogP contribution in [-0.4, -0.2) is 13.5 Å². The summed E-state index contributed by atoms with van der Waals surface area (Å²) in [6.45, 7) is -0.135. The lowest BCUT2D eigenvalue weighted by Gasteiger charge is -2.23. The zero-order chi connectivity index (χ0) is 14.2. The standard InChI is InChI=1S/C13H15NO3S3/c15-7-9-6-13(19-8-9)20(16,17)14-11-2-1-3-12-10(11)4-5-18-12/h4-6,8,11,14-15H,1-3,7H2. The Morgan fingerprint density at radius 3 is 3.00 bits per heavy atom. The Kier molecular flexibility index (Phi) is 3.96. The van der Waals surface area contributed by atoms with Crippen LogP contribution in [0.1, 0.15) is 34.9 Å². The number of aliphatic hydroxyl groups excluding tert-OH is 1. The first-order chi connectivity index (χ1) is 9.60. The van der Waals surface area contributed by atoms with Crippen molar-refractivity contribution < 1.29 is 13.5 Å². The third-order valence-corrected chi connectivity index (χ3v) is 7.38. The molecule has 1 aliphatic rings. The molecule has 2 aromatic heterocycles. The summed E-state index contributed by atoms with van der Waals surface area (Å²) in [5.41, 5.74) is 1.75. The van der Waals surface area contributed by atoms with Crippen molar-refractivity contribution in [1.82, 2.24) is 4.72 Å². The first-order valence-corrected chi connectivity index (χ1v) is 9.61. The molecule has 1 aliphatic carbocycles. The Balaban J connectivity index is 1.84. The van der Waals surface area contributed by atoms with E-state index in [1.807, 2.05) is 11.4 Å². The smallest absolute Gasteiger partial charge is 0.250 e. The van der Waals surface area contributed by atoms with Crippen LogP contribution < -0.4 is 4.72 Å². The van der Waals surface area contributed by atoms with Crippen molar-refractivity contribution in [3.05, 3.63) is 38.9 Å². The highest BCUT2D eigenvalue weighted by molar-refractivity contribution is 7.91. The van der Waals surface area contributed by atoms with Crippen LogP contribution in [0.2, 0.25) is 0 Å². The average molecular weight is 329 g/mol. The number of hydrogen-bond donors (Lipinski definition) is 2. The van der Waals surface area contributed by atoms with Crippen molar-refractivity contribution in [2.24, 2.45) is 0 Å². The molecule has 0 bridgehead atoms. The maximum absolute atomic E-state index is 12.4. The molecule has 2 N–H and O–H groups in total. The van der Waals surface area contributed by atoms with Crippen molar-refractivity contribution in [3.8, 4) is 0 Å². The van der Waals surface area contributed by atoms with E-state index >= 15 is 0 Å². The van der Waals surface area contributed by atoms with Gasteiger partial charge in [-0.1, -0.05) is 0 Å². The van der Waals surface area contributed by atoms with Crippen LogP contribution >= 0.6 is 22.7 Å². The Morgan fingerprint density at radius 2 is 2.25 bits per heavy atom. The predicted octanol–water partition coefficient (Wildman–Crippen LogP) is 2.66. The Hall–Kier alpha value is -0.730. The van der Waals surface area contributed by atoms with Gasteiger partial charge in [0.15, 0.2) is 0 Å². The third kappa shape index (κ3) is 2.68. The van der Waals surface area contributed by atoms with E-state index < -0.39 is 10.0 Å². The molecule has 0 saturated heterocycles. The van der Waals surface area contributed by atoms with Crippen molar-refractivity contribution in [3.63, 3.8) is 0 Å². The minimum Gasteiger partial charge on any atom is -0.392 e. The molecule has 108 valence electrons. The number of thiophene rings is 2. The van der Waals surface area contributed by atoms with E-state index in [9.17, 15) is 8.42 Å². The van der Waals surface area contributed by atoms with E-state index in [4.69, 9.17) is 5.11 Å². The SMILES string of the molecule is O=S(=O)(NC1CCCc2sccc21)c1cc(CO)cs1. The fourth-order valence-corrected chi connectivity index (χ4v) is 5.89. The summed E-state index contributed by atoms with van der Waals surface area (Å²) in [6, 6.07) is 3.42. The van der Waals surface area contributed by atoms with Gasteiger partial charge in [0.2, 0.25) is 0 Å². The third-order valence-electron chi connectivity index (χ3n) is 3.43. The van der Waals surface area contributed by atoms with Gasteiger partial charge in [0.25, 0.3) is 10.0 Å². The van der Waals surface area contributed by atoms with Crippen molar-refractivity contribution in [1.29, 1.82) is 0 Å². The molecule has 4 nitrogen and oxygen atoms in total. The van der Waals surface area contributed by atoms with Crippen LogP contribution in [0.5, 0.6) is 0 Å². The lowest BCUT2D eigenvalue weighted by molar-refractivity contribution is 0.282. The molecule has 20 heavy (non-hydrogen) atoms. The molecule has 0 aromatic carbocycles. The summed E-state index contributed by atoms with van der Waals surface area (Å²) < 4.78 is 27.8.